The average molecular weight is 318 g/mol. The van der Waals surface area contributed by atoms with Crippen LogP contribution >= 0.6 is 0 Å². The normalized spacial score (nSPS) is 12.1. The lowest BCUT2D eigenvalue weighted by atomic mass is 10.2. The molecule has 4 aromatic rings. The van der Waals surface area contributed by atoms with Gasteiger partial charge in [0.05, 0.1) is 16.9 Å². The van der Waals surface area contributed by atoms with Crippen LogP contribution in [0.2, 0.25) is 0 Å². The highest BCUT2D eigenvalue weighted by atomic mass is 15.0. The quantitative estimate of drug-likeness (QED) is 0.538. The molecule has 0 atom stereocenters. The molecule has 0 aliphatic rings. The molecule has 0 aliphatic carbocycles. The molecule has 4 heterocycles. The van der Waals surface area contributed by atoms with Crippen molar-refractivity contribution in [2.45, 2.75) is 39.5 Å². The van der Waals surface area contributed by atoms with E-state index in [2.05, 4.69) is 90.4 Å². The molecule has 0 saturated carbocycles. The molecule has 0 radical (unpaired) electrons. The number of aromatic nitrogens is 4. The molecule has 0 aromatic carbocycles. The fourth-order valence-electron chi connectivity index (χ4n) is 3.11. The van der Waals surface area contributed by atoms with Crippen LogP contribution in [0.4, 0.5) is 0 Å². The third-order valence-electron chi connectivity index (χ3n) is 4.43. The lowest BCUT2D eigenvalue weighted by Gasteiger charge is -2.02. The van der Waals surface area contributed by atoms with Crippen molar-refractivity contribution in [1.29, 1.82) is 0 Å². The molecule has 0 aliphatic heterocycles. The monoisotopic (exact) mass is 318 g/mol. The van der Waals surface area contributed by atoms with Gasteiger partial charge in [0, 0.05) is 30.1 Å². The SMILES string of the molecule is CC(C)c1cn2cc(-c3nc(C(C)C)n4ccccc34)ccc2n1. The summed E-state index contributed by atoms with van der Waals surface area (Å²) in [6.07, 6.45) is 6.34. The minimum atomic E-state index is 0.373. The minimum Gasteiger partial charge on any atom is -0.306 e. The smallest absolute Gasteiger partial charge is 0.137 e. The first-order valence-corrected chi connectivity index (χ1v) is 8.50. The van der Waals surface area contributed by atoms with E-state index in [0.717, 1.165) is 33.9 Å². The molecular formula is C20H22N4. The fraction of sp³-hybridized carbons (Fsp3) is 0.300. The van der Waals surface area contributed by atoms with Gasteiger partial charge in [-0.15, -0.1) is 0 Å². The zero-order valence-corrected chi connectivity index (χ0v) is 14.6. The highest BCUT2D eigenvalue weighted by Crippen LogP contribution is 2.28. The zero-order chi connectivity index (χ0) is 16.8. The standard InChI is InChI=1S/C20H22N4/c1-13(2)16-12-23-11-15(8-9-18(23)21-16)19-17-7-5-6-10-24(17)20(22-19)14(3)4/h5-14H,1-4H3. The van der Waals surface area contributed by atoms with E-state index in [1.54, 1.807) is 0 Å². The Kier molecular flexibility index (Phi) is 3.41. The minimum absolute atomic E-state index is 0.373. The van der Waals surface area contributed by atoms with Crippen molar-refractivity contribution in [2.75, 3.05) is 0 Å². The molecule has 0 saturated heterocycles. The van der Waals surface area contributed by atoms with Crippen LogP contribution in [0.3, 0.4) is 0 Å². The molecule has 0 unspecified atom stereocenters. The lowest BCUT2D eigenvalue weighted by Crippen LogP contribution is -1.95. The Morgan fingerprint density at radius 1 is 0.875 bits per heavy atom. The molecule has 0 spiro atoms. The number of rotatable bonds is 3. The van der Waals surface area contributed by atoms with Gasteiger partial charge in [0.2, 0.25) is 0 Å². The van der Waals surface area contributed by atoms with Crippen LogP contribution < -0.4 is 0 Å². The second kappa shape index (κ2) is 5.48. The molecule has 0 N–H and O–H groups in total. The maximum absolute atomic E-state index is 4.94. The Balaban J connectivity index is 1.92. The topological polar surface area (TPSA) is 34.6 Å². The summed E-state index contributed by atoms with van der Waals surface area (Å²) < 4.78 is 4.30. The first-order valence-electron chi connectivity index (χ1n) is 8.50. The maximum atomic E-state index is 4.94. The van der Waals surface area contributed by atoms with E-state index in [4.69, 9.17) is 4.98 Å². The van der Waals surface area contributed by atoms with Gasteiger partial charge >= 0.3 is 0 Å². The van der Waals surface area contributed by atoms with E-state index in [0.29, 0.717) is 11.8 Å². The van der Waals surface area contributed by atoms with Crippen molar-refractivity contribution < 1.29 is 0 Å². The highest BCUT2D eigenvalue weighted by Gasteiger charge is 2.15. The van der Waals surface area contributed by atoms with Crippen molar-refractivity contribution in [1.82, 2.24) is 18.8 Å². The van der Waals surface area contributed by atoms with Crippen molar-refractivity contribution in [3.05, 3.63) is 60.4 Å². The molecule has 4 rings (SSSR count). The second-order valence-electron chi connectivity index (χ2n) is 6.93. The van der Waals surface area contributed by atoms with Gasteiger partial charge in [-0.2, -0.15) is 0 Å². The molecule has 0 fully saturated rings. The summed E-state index contributed by atoms with van der Waals surface area (Å²) in [5.74, 6) is 1.89. The van der Waals surface area contributed by atoms with Gasteiger partial charge in [-0.25, -0.2) is 9.97 Å². The molecule has 0 bridgehead atoms. The highest BCUT2D eigenvalue weighted by molar-refractivity contribution is 5.78. The number of fused-ring (bicyclic) bond motifs is 2. The summed E-state index contributed by atoms with van der Waals surface area (Å²) in [5.41, 5.74) is 5.39. The number of imidazole rings is 2. The van der Waals surface area contributed by atoms with Crippen molar-refractivity contribution in [3.63, 3.8) is 0 Å². The first-order chi connectivity index (χ1) is 11.5. The van der Waals surface area contributed by atoms with Crippen LogP contribution in [0.1, 0.15) is 51.0 Å². The Labute approximate surface area is 141 Å². The summed E-state index contributed by atoms with van der Waals surface area (Å²) in [7, 11) is 0. The summed E-state index contributed by atoms with van der Waals surface area (Å²) in [6, 6.07) is 10.4. The van der Waals surface area contributed by atoms with Gasteiger partial charge in [0.25, 0.3) is 0 Å². The predicted octanol–water partition coefficient (Wildman–Crippen LogP) is 4.90. The molecule has 0 amide bonds. The third-order valence-corrected chi connectivity index (χ3v) is 4.43. The predicted molar refractivity (Wildman–Crippen MR) is 97.6 cm³/mol. The third kappa shape index (κ3) is 2.30. The number of hydrogen-bond acceptors (Lipinski definition) is 2. The Morgan fingerprint density at radius 2 is 1.71 bits per heavy atom. The van der Waals surface area contributed by atoms with E-state index in [9.17, 15) is 0 Å². The van der Waals surface area contributed by atoms with Gasteiger partial charge in [0.1, 0.15) is 11.5 Å². The molecule has 4 nitrogen and oxygen atoms in total. The van der Waals surface area contributed by atoms with E-state index in [-0.39, 0.29) is 0 Å². The first kappa shape index (κ1) is 14.9. The van der Waals surface area contributed by atoms with E-state index < -0.39 is 0 Å². The van der Waals surface area contributed by atoms with Crippen molar-refractivity contribution >= 4 is 11.2 Å². The van der Waals surface area contributed by atoms with Crippen LogP contribution in [0.5, 0.6) is 0 Å². The van der Waals surface area contributed by atoms with Gasteiger partial charge in [-0.05, 0) is 30.2 Å². The van der Waals surface area contributed by atoms with Crippen LogP contribution in [-0.2, 0) is 0 Å². The molecule has 4 heteroatoms. The van der Waals surface area contributed by atoms with Gasteiger partial charge in [-0.3, -0.25) is 0 Å². The average Bonchev–Trinajstić information content (AvgIpc) is 3.15. The van der Waals surface area contributed by atoms with E-state index >= 15 is 0 Å². The van der Waals surface area contributed by atoms with E-state index in [1.165, 1.54) is 0 Å². The maximum Gasteiger partial charge on any atom is 0.137 e. The van der Waals surface area contributed by atoms with Crippen molar-refractivity contribution in [2.24, 2.45) is 0 Å². The second-order valence-corrected chi connectivity index (χ2v) is 6.93. The number of pyridine rings is 2. The van der Waals surface area contributed by atoms with Gasteiger partial charge < -0.3 is 8.80 Å². The fourth-order valence-corrected chi connectivity index (χ4v) is 3.11. The molecule has 24 heavy (non-hydrogen) atoms. The van der Waals surface area contributed by atoms with Crippen LogP contribution in [-0.4, -0.2) is 18.8 Å². The molecule has 122 valence electrons. The molecule has 4 aromatic heterocycles. The molecular weight excluding hydrogens is 296 g/mol. The van der Waals surface area contributed by atoms with Gasteiger partial charge in [-0.1, -0.05) is 33.8 Å². The number of hydrogen-bond donors (Lipinski definition) is 0. The summed E-state index contributed by atoms with van der Waals surface area (Å²) in [4.78, 5) is 9.62. The Morgan fingerprint density at radius 3 is 2.46 bits per heavy atom. The van der Waals surface area contributed by atoms with Crippen LogP contribution in [0.25, 0.3) is 22.4 Å². The van der Waals surface area contributed by atoms with Crippen LogP contribution in [0, 0.1) is 0 Å². The Bertz CT molecular complexity index is 1020. The lowest BCUT2D eigenvalue weighted by molar-refractivity contribution is 0.771. The Hall–Kier alpha value is -2.62. The van der Waals surface area contributed by atoms with Crippen LogP contribution in [0.15, 0.2) is 48.9 Å². The van der Waals surface area contributed by atoms with Crippen molar-refractivity contribution in [3.8, 4) is 11.3 Å². The van der Waals surface area contributed by atoms with E-state index in [1.807, 2.05) is 0 Å². The number of nitrogens with zero attached hydrogens (tertiary/aromatic N) is 4. The summed E-state index contributed by atoms with van der Waals surface area (Å²) in [6.45, 7) is 8.69. The van der Waals surface area contributed by atoms with Gasteiger partial charge in [0.15, 0.2) is 0 Å². The summed E-state index contributed by atoms with van der Waals surface area (Å²) >= 11 is 0. The largest absolute Gasteiger partial charge is 0.306 e. The zero-order valence-electron chi connectivity index (χ0n) is 14.6. The summed E-state index contributed by atoms with van der Waals surface area (Å²) in [5, 5.41) is 0.